The highest BCUT2D eigenvalue weighted by molar-refractivity contribution is 14.0. The topological polar surface area (TPSA) is 49.3 Å². The molecular formula is C20H33IN4O2. The minimum absolute atomic E-state index is 0. The zero-order valence-electron chi connectivity index (χ0n) is 16.5. The predicted molar refractivity (Wildman–Crippen MR) is 120 cm³/mol. The maximum Gasteiger partial charge on any atom is 0.193 e. The Morgan fingerprint density at radius 3 is 2.74 bits per heavy atom. The van der Waals surface area contributed by atoms with Crippen molar-refractivity contribution < 1.29 is 9.47 Å². The van der Waals surface area contributed by atoms with Gasteiger partial charge in [-0.1, -0.05) is 18.2 Å². The molecule has 0 aromatic heterocycles. The van der Waals surface area contributed by atoms with Crippen molar-refractivity contribution in [1.29, 1.82) is 0 Å². The second-order valence-electron chi connectivity index (χ2n) is 6.97. The number of hydrogen-bond donors (Lipinski definition) is 1. The van der Waals surface area contributed by atoms with E-state index >= 15 is 0 Å². The molecule has 2 fully saturated rings. The van der Waals surface area contributed by atoms with Gasteiger partial charge in [0.15, 0.2) is 5.96 Å². The number of ether oxygens (including phenoxy) is 2. The number of hydrogen-bond acceptors (Lipinski definition) is 4. The molecule has 3 rings (SSSR count). The molecule has 27 heavy (non-hydrogen) atoms. The number of nitrogens with zero attached hydrogens (tertiary/aromatic N) is 3. The van der Waals surface area contributed by atoms with Crippen LogP contribution >= 0.6 is 24.0 Å². The van der Waals surface area contributed by atoms with Crippen LogP contribution in [0.3, 0.4) is 0 Å². The normalized spacial score (nSPS) is 20.6. The van der Waals surface area contributed by atoms with Crippen LogP contribution in [0.2, 0.25) is 0 Å². The number of para-hydroxylation sites is 1. The molecule has 2 saturated heterocycles. The maximum absolute atomic E-state index is 5.80. The van der Waals surface area contributed by atoms with Crippen LogP contribution in [-0.4, -0.2) is 75.3 Å². The lowest BCUT2D eigenvalue weighted by atomic mass is 10.2. The molecule has 0 aliphatic carbocycles. The summed E-state index contributed by atoms with van der Waals surface area (Å²) >= 11 is 0. The maximum atomic E-state index is 5.80. The lowest BCUT2D eigenvalue weighted by Crippen LogP contribution is -2.43. The molecule has 0 radical (unpaired) electrons. The van der Waals surface area contributed by atoms with Crippen molar-refractivity contribution in [3.63, 3.8) is 0 Å². The van der Waals surface area contributed by atoms with Crippen molar-refractivity contribution in [2.45, 2.75) is 31.9 Å². The summed E-state index contributed by atoms with van der Waals surface area (Å²) in [7, 11) is 3.55. The van der Waals surface area contributed by atoms with Crippen molar-refractivity contribution in [3.05, 3.63) is 29.8 Å². The van der Waals surface area contributed by atoms with E-state index in [9.17, 15) is 0 Å². The van der Waals surface area contributed by atoms with Crippen molar-refractivity contribution in [2.24, 2.45) is 4.99 Å². The first-order chi connectivity index (χ1) is 12.8. The Labute approximate surface area is 180 Å². The summed E-state index contributed by atoms with van der Waals surface area (Å²) in [5.41, 5.74) is 1.08. The summed E-state index contributed by atoms with van der Waals surface area (Å²) < 4.78 is 11.2. The molecule has 152 valence electrons. The van der Waals surface area contributed by atoms with Gasteiger partial charge >= 0.3 is 0 Å². The number of benzene rings is 1. The monoisotopic (exact) mass is 488 g/mol. The molecule has 1 aromatic rings. The fourth-order valence-corrected chi connectivity index (χ4v) is 3.91. The standard InChI is InChI=1S/C20H32N4O2.HI/c1-21-20(24-13-9-18(15-24)23-11-5-6-12-23)22-10-14-26-16-17-7-3-4-8-19(17)25-2;/h3-4,7-8,18H,5-6,9-16H2,1-2H3,(H,21,22);1H. The Balaban J connectivity index is 0.00000261. The number of methoxy groups -OCH3 is 1. The molecule has 1 unspecified atom stereocenters. The van der Waals surface area contributed by atoms with Crippen LogP contribution in [0.1, 0.15) is 24.8 Å². The SMILES string of the molecule is CN=C(NCCOCc1ccccc1OC)N1CCC(N2CCCC2)C1.I. The first-order valence-electron chi connectivity index (χ1n) is 9.71. The molecule has 7 heteroatoms. The number of aliphatic imine (C=N–C) groups is 1. The Hall–Kier alpha value is -1.06. The van der Waals surface area contributed by atoms with E-state index in [0.717, 1.165) is 36.9 Å². The molecular weight excluding hydrogens is 455 g/mol. The van der Waals surface area contributed by atoms with Crippen LogP contribution in [-0.2, 0) is 11.3 Å². The molecule has 0 saturated carbocycles. The molecule has 2 aliphatic rings. The molecule has 0 amide bonds. The first-order valence-corrected chi connectivity index (χ1v) is 9.71. The zero-order valence-corrected chi connectivity index (χ0v) is 18.9. The highest BCUT2D eigenvalue weighted by atomic mass is 127. The fourth-order valence-electron chi connectivity index (χ4n) is 3.91. The van der Waals surface area contributed by atoms with Gasteiger partial charge in [-0.25, -0.2) is 0 Å². The number of rotatable bonds is 7. The number of nitrogens with one attached hydrogen (secondary N) is 1. The predicted octanol–water partition coefficient (Wildman–Crippen LogP) is 2.58. The van der Waals surface area contributed by atoms with Gasteiger partial charge in [0.2, 0.25) is 0 Å². The van der Waals surface area contributed by atoms with Crippen LogP contribution in [0.4, 0.5) is 0 Å². The Kier molecular flexibility index (Phi) is 9.64. The van der Waals surface area contributed by atoms with Gasteiger partial charge < -0.3 is 19.7 Å². The lowest BCUT2D eigenvalue weighted by Gasteiger charge is -2.25. The van der Waals surface area contributed by atoms with E-state index in [4.69, 9.17) is 9.47 Å². The molecule has 2 heterocycles. The van der Waals surface area contributed by atoms with Gasteiger partial charge in [0.25, 0.3) is 0 Å². The van der Waals surface area contributed by atoms with Gasteiger partial charge in [-0.2, -0.15) is 0 Å². The third-order valence-electron chi connectivity index (χ3n) is 5.31. The summed E-state index contributed by atoms with van der Waals surface area (Å²) in [6.07, 6.45) is 3.95. The van der Waals surface area contributed by atoms with Gasteiger partial charge in [-0.3, -0.25) is 9.89 Å². The average Bonchev–Trinajstić information content (AvgIpc) is 3.36. The highest BCUT2D eigenvalue weighted by Crippen LogP contribution is 2.20. The molecule has 6 nitrogen and oxygen atoms in total. The molecule has 1 atom stereocenters. The minimum Gasteiger partial charge on any atom is -0.496 e. The minimum atomic E-state index is 0. The summed E-state index contributed by atoms with van der Waals surface area (Å²) in [5.74, 6) is 1.87. The largest absolute Gasteiger partial charge is 0.496 e. The second kappa shape index (κ2) is 11.7. The van der Waals surface area contributed by atoms with Gasteiger partial charge in [0.1, 0.15) is 5.75 Å². The quantitative estimate of drug-likeness (QED) is 0.277. The Morgan fingerprint density at radius 2 is 2.00 bits per heavy atom. The molecule has 1 aromatic carbocycles. The van der Waals surface area contributed by atoms with Gasteiger partial charge in [-0.05, 0) is 38.4 Å². The van der Waals surface area contributed by atoms with E-state index in [1.807, 2.05) is 31.3 Å². The van der Waals surface area contributed by atoms with E-state index in [2.05, 4.69) is 20.1 Å². The average molecular weight is 488 g/mol. The van der Waals surface area contributed by atoms with Gasteiger partial charge in [0, 0.05) is 38.3 Å². The second-order valence-corrected chi connectivity index (χ2v) is 6.97. The van der Waals surface area contributed by atoms with Gasteiger partial charge in [0.05, 0.1) is 20.3 Å². The third-order valence-corrected chi connectivity index (χ3v) is 5.31. The Bertz CT molecular complexity index is 593. The van der Waals surface area contributed by atoms with E-state index in [1.54, 1.807) is 7.11 Å². The fraction of sp³-hybridized carbons (Fsp3) is 0.650. The molecule has 0 spiro atoms. The Morgan fingerprint density at radius 1 is 1.22 bits per heavy atom. The van der Waals surface area contributed by atoms with Crippen LogP contribution < -0.4 is 10.1 Å². The van der Waals surface area contributed by atoms with E-state index in [1.165, 1.54) is 32.4 Å². The van der Waals surface area contributed by atoms with Crippen LogP contribution in [0.5, 0.6) is 5.75 Å². The number of halogens is 1. The lowest BCUT2D eigenvalue weighted by molar-refractivity contribution is 0.123. The smallest absolute Gasteiger partial charge is 0.193 e. The highest BCUT2D eigenvalue weighted by Gasteiger charge is 2.30. The van der Waals surface area contributed by atoms with Crippen LogP contribution in [0.15, 0.2) is 29.3 Å². The van der Waals surface area contributed by atoms with Crippen molar-refractivity contribution >= 4 is 29.9 Å². The number of guanidine groups is 1. The summed E-state index contributed by atoms with van der Waals surface area (Å²) in [6, 6.07) is 8.67. The van der Waals surface area contributed by atoms with Crippen LogP contribution in [0.25, 0.3) is 0 Å². The summed E-state index contributed by atoms with van der Waals surface area (Å²) in [4.78, 5) is 9.47. The number of likely N-dealkylation sites (tertiary alicyclic amines) is 2. The first kappa shape index (κ1) is 22.2. The molecule has 1 N–H and O–H groups in total. The van der Waals surface area contributed by atoms with E-state index < -0.39 is 0 Å². The van der Waals surface area contributed by atoms with Crippen molar-refractivity contribution in [1.82, 2.24) is 15.1 Å². The van der Waals surface area contributed by atoms with E-state index in [-0.39, 0.29) is 24.0 Å². The van der Waals surface area contributed by atoms with Gasteiger partial charge in [-0.15, -0.1) is 24.0 Å². The molecule has 0 bridgehead atoms. The summed E-state index contributed by atoms with van der Waals surface area (Å²) in [5, 5.41) is 3.44. The summed E-state index contributed by atoms with van der Waals surface area (Å²) in [6.45, 7) is 6.66. The molecule has 2 aliphatic heterocycles. The van der Waals surface area contributed by atoms with Crippen molar-refractivity contribution in [2.75, 3.05) is 53.5 Å². The van der Waals surface area contributed by atoms with E-state index in [0.29, 0.717) is 19.3 Å². The van der Waals surface area contributed by atoms with Crippen molar-refractivity contribution in [3.8, 4) is 5.75 Å². The third kappa shape index (κ3) is 6.22. The zero-order chi connectivity index (χ0) is 18.2. The van der Waals surface area contributed by atoms with Crippen LogP contribution in [0, 0.1) is 0 Å².